The van der Waals surface area contributed by atoms with Gasteiger partial charge in [-0.1, -0.05) is 18.2 Å². The molecule has 1 atom stereocenters. The molecule has 3 heterocycles. The first-order valence-corrected chi connectivity index (χ1v) is 11.1. The fourth-order valence-electron chi connectivity index (χ4n) is 4.66. The monoisotopic (exact) mass is 487 g/mol. The van der Waals surface area contributed by atoms with Crippen LogP contribution in [0, 0.1) is 5.82 Å². The molecule has 0 bridgehead atoms. The lowest BCUT2D eigenvalue weighted by Crippen LogP contribution is -2.29. The highest BCUT2D eigenvalue weighted by molar-refractivity contribution is 5.99. The van der Waals surface area contributed by atoms with Crippen LogP contribution in [0.4, 0.5) is 4.39 Å². The Labute approximate surface area is 203 Å². The van der Waals surface area contributed by atoms with Gasteiger partial charge >= 0.3 is 5.97 Å². The summed E-state index contributed by atoms with van der Waals surface area (Å²) in [5, 5.41) is 0.0441. The lowest BCUT2D eigenvalue weighted by atomic mass is 9.97. The van der Waals surface area contributed by atoms with Crippen molar-refractivity contribution in [1.82, 2.24) is 4.90 Å². The molecule has 3 aromatic carbocycles. The van der Waals surface area contributed by atoms with Crippen molar-refractivity contribution in [3.63, 3.8) is 0 Å². The smallest absolute Gasteiger partial charge is 0.337 e. The Morgan fingerprint density at radius 3 is 2.58 bits per heavy atom. The molecule has 0 saturated carbocycles. The molecule has 9 heteroatoms. The molecule has 0 spiro atoms. The Kier molecular flexibility index (Phi) is 4.99. The predicted molar refractivity (Wildman–Crippen MR) is 125 cm³/mol. The number of halogens is 1. The van der Waals surface area contributed by atoms with Crippen molar-refractivity contribution in [1.29, 1.82) is 0 Å². The van der Waals surface area contributed by atoms with E-state index in [2.05, 4.69) is 0 Å². The Morgan fingerprint density at radius 2 is 1.81 bits per heavy atom. The first kappa shape index (κ1) is 21.8. The largest absolute Gasteiger partial charge is 0.465 e. The van der Waals surface area contributed by atoms with Gasteiger partial charge in [0.2, 0.25) is 12.6 Å². The van der Waals surface area contributed by atoms with Crippen LogP contribution >= 0.6 is 0 Å². The summed E-state index contributed by atoms with van der Waals surface area (Å²) < 4.78 is 35.4. The molecule has 0 radical (unpaired) electrons. The Bertz CT molecular complexity index is 1610. The van der Waals surface area contributed by atoms with Gasteiger partial charge in [0.1, 0.15) is 11.4 Å². The summed E-state index contributed by atoms with van der Waals surface area (Å²) >= 11 is 0. The van der Waals surface area contributed by atoms with Gasteiger partial charge in [0, 0.05) is 6.54 Å². The number of nitrogens with zero attached hydrogens (tertiary/aromatic N) is 1. The average Bonchev–Trinajstić information content (AvgIpc) is 3.47. The van der Waals surface area contributed by atoms with Gasteiger partial charge in [-0.2, -0.15) is 0 Å². The molecule has 1 aromatic heterocycles. The molecule has 0 unspecified atom stereocenters. The van der Waals surface area contributed by atoms with Gasteiger partial charge in [-0.05, 0) is 53.6 Å². The molecule has 1 amide bonds. The fourth-order valence-corrected chi connectivity index (χ4v) is 4.66. The van der Waals surface area contributed by atoms with E-state index >= 15 is 0 Å². The molecule has 0 N–H and O–H groups in total. The van der Waals surface area contributed by atoms with Crippen LogP contribution in [0.1, 0.15) is 43.6 Å². The second-order valence-electron chi connectivity index (χ2n) is 8.45. The number of hydrogen-bond donors (Lipinski definition) is 0. The minimum Gasteiger partial charge on any atom is -0.465 e. The van der Waals surface area contributed by atoms with E-state index in [1.165, 1.54) is 24.1 Å². The maximum atomic E-state index is 14.0. The number of methoxy groups -OCH3 is 1. The number of ether oxygens (including phenoxy) is 3. The van der Waals surface area contributed by atoms with Crippen LogP contribution in [0.25, 0.3) is 11.0 Å². The quantitative estimate of drug-likeness (QED) is 0.398. The Morgan fingerprint density at radius 1 is 1.03 bits per heavy atom. The summed E-state index contributed by atoms with van der Waals surface area (Å²) in [7, 11) is 1.28. The minimum atomic E-state index is -0.825. The van der Waals surface area contributed by atoms with Crippen molar-refractivity contribution in [2.45, 2.75) is 12.6 Å². The third-order valence-electron chi connectivity index (χ3n) is 6.37. The van der Waals surface area contributed by atoms with Crippen LogP contribution in [0.5, 0.6) is 11.5 Å². The maximum absolute atomic E-state index is 14.0. The minimum absolute atomic E-state index is 0.0441. The van der Waals surface area contributed by atoms with Crippen LogP contribution in [0.2, 0.25) is 0 Å². The van der Waals surface area contributed by atoms with Crippen LogP contribution in [-0.4, -0.2) is 30.7 Å². The summed E-state index contributed by atoms with van der Waals surface area (Å²) in [5.41, 5.74) is 1.40. The lowest BCUT2D eigenvalue weighted by Gasteiger charge is -2.25. The van der Waals surface area contributed by atoms with Gasteiger partial charge in [0.05, 0.1) is 29.7 Å². The zero-order valence-corrected chi connectivity index (χ0v) is 18.9. The molecule has 0 aliphatic carbocycles. The lowest BCUT2D eigenvalue weighted by molar-refractivity contribution is 0.0599. The Hall–Kier alpha value is -4.66. The van der Waals surface area contributed by atoms with E-state index in [0.29, 0.717) is 22.6 Å². The Balaban J connectivity index is 1.50. The number of benzene rings is 3. The van der Waals surface area contributed by atoms with Crippen molar-refractivity contribution < 1.29 is 32.6 Å². The maximum Gasteiger partial charge on any atom is 0.337 e. The van der Waals surface area contributed by atoms with Gasteiger partial charge in [-0.3, -0.25) is 9.59 Å². The van der Waals surface area contributed by atoms with Crippen molar-refractivity contribution >= 4 is 22.8 Å². The highest BCUT2D eigenvalue weighted by atomic mass is 19.1. The first-order valence-electron chi connectivity index (χ1n) is 11.1. The number of amides is 1. The van der Waals surface area contributed by atoms with E-state index < -0.39 is 29.2 Å². The molecular weight excluding hydrogens is 469 g/mol. The third kappa shape index (κ3) is 3.39. The molecule has 8 nitrogen and oxygen atoms in total. The SMILES string of the molecule is COC(=O)c1ccc([C@@H]2c3c(oc4ccc(F)cc4c3=O)C(=O)N2Cc2ccc3c(c2)OCO3)cc1. The molecule has 2 aliphatic heterocycles. The third-order valence-corrected chi connectivity index (χ3v) is 6.37. The molecule has 36 heavy (non-hydrogen) atoms. The zero-order valence-electron chi connectivity index (χ0n) is 18.9. The number of esters is 1. The highest BCUT2D eigenvalue weighted by Crippen LogP contribution is 2.40. The molecule has 2 aliphatic rings. The number of rotatable bonds is 4. The molecule has 0 fully saturated rings. The van der Waals surface area contributed by atoms with E-state index in [4.69, 9.17) is 18.6 Å². The van der Waals surface area contributed by atoms with E-state index in [1.807, 2.05) is 6.07 Å². The second-order valence-corrected chi connectivity index (χ2v) is 8.45. The van der Waals surface area contributed by atoms with E-state index in [-0.39, 0.29) is 35.6 Å². The normalized spacial score (nSPS) is 15.9. The van der Waals surface area contributed by atoms with E-state index in [1.54, 1.807) is 36.4 Å². The van der Waals surface area contributed by atoms with Gasteiger partial charge in [0.25, 0.3) is 5.91 Å². The number of fused-ring (bicyclic) bond motifs is 3. The summed E-state index contributed by atoms with van der Waals surface area (Å²) in [4.78, 5) is 40.6. The summed E-state index contributed by atoms with van der Waals surface area (Å²) in [6.07, 6.45) is 0. The molecule has 0 saturated heterocycles. The van der Waals surface area contributed by atoms with Crippen molar-refractivity contribution in [3.8, 4) is 11.5 Å². The first-order chi connectivity index (χ1) is 17.4. The number of hydrogen-bond acceptors (Lipinski definition) is 7. The topological polar surface area (TPSA) is 95.3 Å². The molecule has 180 valence electrons. The average molecular weight is 487 g/mol. The zero-order chi connectivity index (χ0) is 25.0. The fraction of sp³-hybridized carbons (Fsp3) is 0.148. The van der Waals surface area contributed by atoms with Crippen molar-refractivity contribution in [2.24, 2.45) is 0 Å². The number of carbonyl (C=O) groups excluding carboxylic acids is 2. The number of carbonyl (C=O) groups is 2. The van der Waals surface area contributed by atoms with Gasteiger partial charge in [0.15, 0.2) is 16.9 Å². The predicted octanol–water partition coefficient (Wildman–Crippen LogP) is 4.19. The summed E-state index contributed by atoms with van der Waals surface area (Å²) in [6.45, 7) is 0.247. The highest BCUT2D eigenvalue weighted by Gasteiger charge is 2.43. The van der Waals surface area contributed by atoms with Crippen molar-refractivity contribution in [2.75, 3.05) is 13.9 Å². The van der Waals surface area contributed by atoms with E-state index in [0.717, 1.165) is 11.6 Å². The summed E-state index contributed by atoms with van der Waals surface area (Å²) in [6, 6.07) is 14.5. The molecule has 4 aromatic rings. The molecular formula is C27H18FNO7. The molecule has 6 rings (SSSR count). The van der Waals surface area contributed by atoms with Crippen molar-refractivity contribution in [3.05, 3.63) is 105 Å². The van der Waals surface area contributed by atoms with Crippen LogP contribution in [0.3, 0.4) is 0 Å². The van der Waals surface area contributed by atoms with Gasteiger partial charge < -0.3 is 23.5 Å². The van der Waals surface area contributed by atoms with Crippen LogP contribution < -0.4 is 14.9 Å². The van der Waals surface area contributed by atoms with Gasteiger partial charge in [-0.25, -0.2) is 9.18 Å². The van der Waals surface area contributed by atoms with Crippen LogP contribution in [-0.2, 0) is 11.3 Å². The van der Waals surface area contributed by atoms with E-state index in [9.17, 15) is 18.8 Å². The summed E-state index contributed by atoms with van der Waals surface area (Å²) in [5.74, 6) is -0.506. The standard InChI is InChI=1S/C27H18FNO7/c1-33-27(32)16-5-3-15(4-6-16)23-22-24(30)18-11-17(28)7-9-19(18)36-25(22)26(31)29(23)12-14-2-8-20-21(10-14)35-13-34-20/h2-11,23H,12-13H2,1H3/t23-/m1/s1. The van der Waals surface area contributed by atoms with Gasteiger partial charge in [-0.15, -0.1) is 0 Å². The van der Waals surface area contributed by atoms with Crippen LogP contribution in [0.15, 0.2) is 69.9 Å². The second kappa shape index (κ2) is 8.23.